The maximum atomic E-state index is 13.2. The van der Waals surface area contributed by atoms with Gasteiger partial charge in [-0.2, -0.15) is 0 Å². The van der Waals surface area contributed by atoms with Crippen molar-refractivity contribution in [3.63, 3.8) is 0 Å². The molecule has 9 nitrogen and oxygen atoms in total. The van der Waals surface area contributed by atoms with Gasteiger partial charge in [-0.3, -0.25) is 4.79 Å². The summed E-state index contributed by atoms with van der Waals surface area (Å²) in [5, 5.41) is 5.58. The van der Waals surface area contributed by atoms with Crippen LogP contribution in [0.2, 0.25) is 0 Å². The van der Waals surface area contributed by atoms with Gasteiger partial charge in [-0.1, -0.05) is 24.3 Å². The second-order valence-electron chi connectivity index (χ2n) is 9.05. The number of nitrogens with zero attached hydrogens (tertiary/aromatic N) is 1. The Bertz CT molecular complexity index is 1300. The molecule has 0 unspecified atom stereocenters. The van der Waals surface area contributed by atoms with Crippen LogP contribution in [0, 0.1) is 0 Å². The largest absolute Gasteiger partial charge is 0.491 e. The highest BCUT2D eigenvalue weighted by Crippen LogP contribution is 2.24. The molecule has 1 saturated heterocycles. The molecular formula is C29H30BrN3O6. The second kappa shape index (κ2) is 13.3. The molecule has 3 aromatic rings. The number of para-hydroxylation sites is 1. The molecule has 1 aliphatic heterocycles. The molecule has 0 aliphatic carbocycles. The molecule has 0 saturated carbocycles. The molecule has 1 aliphatic rings. The maximum Gasteiger partial charge on any atom is 0.337 e. The van der Waals surface area contributed by atoms with E-state index in [2.05, 4.69) is 26.6 Å². The molecule has 4 rings (SSSR count). The number of amides is 3. The molecule has 3 amide bonds. The minimum atomic E-state index is -0.412. The summed E-state index contributed by atoms with van der Waals surface area (Å²) in [5.74, 6) is 0.156. The van der Waals surface area contributed by atoms with Crippen molar-refractivity contribution in [1.82, 2.24) is 4.90 Å². The van der Waals surface area contributed by atoms with Gasteiger partial charge in [-0.05, 0) is 76.4 Å². The first-order valence-electron chi connectivity index (χ1n) is 12.4. The number of carbonyl (C=O) groups excluding carboxylic acids is 3. The number of esters is 1. The maximum absolute atomic E-state index is 13.2. The van der Waals surface area contributed by atoms with E-state index in [1.807, 2.05) is 30.3 Å². The molecule has 0 radical (unpaired) electrons. The number of hydrogen-bond donors (Lipinski definition) is 2. The molecule has 10 heteroatoms. The zero-order valence-electron chi connectivity index (χ0n) is 21.7. The zero-order valence-corrected chi connectivity index (χ0v) is 23.3. The number of hydrogen-bond acceptors (Lipinski definition) is 6. The van der Waals surface area contributed by atoms with E-state index in [1.165, 1.54) is 7.11 Å². The Labute approximate surface area is 235 Å². The van der Waals surface area contributed by atoms with Gasteiger partial charge in [-0.25, -0.2) is 9.59 Å². The lowest BCUT2D eigenvalue weighted by atomic mass is 10.1. The van der Waals surface area contributed by atoms with Crippen molar-refractivity contribution < 1.29 is 28.6 Å². The summed E-state index contributed by atoms with van der Waals surface area (Å²) in [4.78, 5) is 39.0. The minimum absolute atomic E-state index is 0.0310. The van der Waals surface area contributed by atoms with E-state index in [4.69, 9.17) is 14.2 Å². The molecule has 0 spiro atoms. The van der Waals surface area contributed by atoms with Crippen molar-refractivity contribution in [1.29, 1.82) is 0 Å². The van der Waals surface area contributed by atoms with Crippen LogP contribution in [-0.2, 0) is 20.7 Å². The highest BCUT2D eigenvalue weighted by molar-refractivity contribution is 9.10. The normalized spacial score (nSPS) is 16.4. The van der Waals surface area contributed by atoms with Crippen LogP contribution in [-0.4, -0.2) is 62.3 Å². The van der Waals surface area contributed by atoms with Gasteiger partial charge in [0.2, 0.25) is 5.91 Å². The van der Waals surface area contributed by atoms with Gasteiger partial charge in [0.15, 0.2) is 0 Å². The number of likely N-dealkylation sites (tertiary alicyclic amines) is 1. The first kappa shape index (κ1) is 28.1. The minimum Gasteiger partial charge on any atom is -0.491 e. The van der Waals surface area contributed by atoms with Gasteiger partial charge in [0.05, 0.1) is 36.9 Å². The Hall–Kier alpha value is -3.89. The van der Waals surface area contributed by atoms with Crippen LogP contribution in [0.15, 0.2) is 77.3 Å². The summed E-state index contributed by atoms with van der Waals surface area (Å²) in [6, 6.07) is 20.7. The lowest BCUT2D eigenvalue weighted by Gasteiger charge is -2.24. The van der Waals surface area contributed by atoms with Crippen LogP contribution in [0.4, 0.5) is 16.2 Å². The van der Waals surface area contributed by atoms with Crippen LogP contribution in [0.25, 0.3) is 0 Å². The standard InChI is InChI=1S/C29H30BrN3O6/c1-37-24-16-22(18-39-23-13-9-20(10-14-23)28(35)38-2)33(17-24)27(34)15-19-7-11-21(12-8-19)31-29(36)32-26-6-4-3-5-25(26)30/h3-14,22,24H,15-18H2,1-2H3,(H2,31,32,36)/t22-,24-/m0/s1. The number of ether oxygens (including phenoxy) is 3. The third kappa shape index (κ3) is 7.58. The van der Waals surface area contributed by atoms with Crippen molar-refractivity contribution in [2.45, 2.75) is 25.0 Å². The van der Waals surface area contributed by atoms with Crippen molar-refractivity contribution in [3.05, 3.63) is 88.4 Å². The second-order valence-corrected chi connectivity index (χ2v) is 9.91. The Morgan fingerprint density at radius 1 is 0.949 bits per heavy atom. The fourth-order valence-electron chi connectivity index (χ4n) is 4.33. The Kier molecular flexibility index (Phi) is 9.56. The summed E-state index contributed by atoms with van der Waals surface area (Å²) < 4.78 is 17.0. The molecule has 1 fully saturated rings. The van der Waals surface area contributed by atoms with Crippen LogP contribution in [0.1, 0.15) is 22.3 Å². The van der Waals surface area contributed by atoms with E-state index in [0.29, 0.717) is 42.3 Å². The van der Waals surface area contributed by atoms with Crippen molar-refractivity contribution >= 4 is 45.2 Å². The average molecular weight is 596 g/mol. The molecule has 204 valence electrons. The van der Waals surface area contributed by atoms with Crippen molar-refractivity contribution in [2.75, 3.05) is 38.0 Å². The van der Waals surface area contributed by atoms with Crippen LogP contribution >= 0.6 is 15.9 Å². The summed E-state index contributed by atoms with van der Waals surface area (Å²) in [7, 11) is 2.97. The molecule has 1 heterocycles. The number of rotatable bonds is 9. The van der Waals surface area contributed by atoms with Gasteiger partial charge in [0.25, 0.3) is 0 Å². The number of carbonyl (C=O) groups is 3. The summed E-state index contributed by atoms with van der Waals surface area (Å²) in [6.07, 6.45) is 0.807. The van der Waals surface area contributed by atoms with Crippen LogP contribution in [0.5, 0.6) is 5.75 Å². The SMILES string of the molecule is COC(=O)c1ccc(OC[C@@H]2C[C@H](OC)CN2C(=O)Cc2ccc(NC(=O)Nc3ccccc3Br)cc2)cc1. The predicted octanol–water partition coefficient (Wildman–Crippen LogP) is 5.12. The van der Waals surface area contributed by atoms with Gasteiger partial charge in [0, 0.05) is 23.8 Å². The molecule has 39 heavy (non-hydrogen) atoms. The fourth-order valence-corrected chi connectivity index (χ4v) is 4.72. The topological polar surface area (TPSA) is 106 Å². The molecular weight excluding hydrogens is 566 g/mol. The third-order valence-electron chi connectivity index (χ3n) is 6.44. The van der Waals surface area contributed by atoms with Crippen LogP contribution < -0.4 is 15.4 Å². The smallest absolute Gasteiger partial charge is 0.337 e. The van der Waals surface area contributed by atoms with Gasteiger partial charge in [-0.15, -0.1) is 0 Å². The number of benzene rings is 3. The number of urea groups is 1. The number of anilines is 2. The summed E-state index contributed by atoms with van der Waals surface area (Å²) >= 11 is 3.40. The van der Waals surface area contributed by atoms with Crippen molar-refractivity contribution in [2.24, 2.45) is 0 Å². The lowest BCUT2D eigenvalue weighted by molar-refractivity contribution is -0.132. The van der Waals surface area contributed by atoms with E-state index >= 15 is 0 Å². The highest BCUT2D eigenvalue weighted by Gasteiger charge is 2.35. The highest BCUT2D eigenvalue weighted by atomic mass is 79.9. The van der Waals surface area contributed by atoms with E-state index in [0.717, 1.165) is 10.0 Å². The molecule has 2 atom stereocenters. The third-order valence-corrected chi connectivity index (χ3v) is 7.13. The van der Waals surface area contributed by atoms with Gasteiger partial charge in [0.1, 0.15) is 12.4 Å². The molecule has 3 aromatic carbocycles. The summed E-state index contributed by atoms with van der Waals surface area (Å²) in [5.41, 5.74) is 2.54. The fraction of sp³-hybridized carbons (Fsp3) is 0.276. The first-order chi connectivity index (χ1) is 18.9. The number of halogens is 1. The Morgan fingerprint density at radius 2 is 1.67 bits per heavy atom. The number of methoxy groups -OCH3 is 2. The molecule has 2 N–H and O–H groups in total. The zero-order chi connectivity index (χ0) is 27.8. The monoisotopic (exact) mass is 595 g/mol. The van der Waals surface area contributed by atoms with Crippen LogP contribution in [0.3, 0.4) is 0 Å². The quantitative estimate of drug-likeness (QED) is 0.333. The van der Waals surface area contributed by atoms with Crippen molar-refractivity contribution in [3.8, 4) is 5.75 Å². The van der Waals surface area contributed by atoms with E-state index in [9.17, 15) is 14.4 Å². The van der Waals surface area contributed by atoms with E-state index in [-0.39, 0.29) is 30.5 Å². The average Bonchev–Trinajstić information content (AvgIpc) is 3.38. The van der Waals surface area contributed by atoms with E-state index in [1.54, 1.807) is 54.5 Å². The number of nitrogens with one attached hydrogen (secondary N) is 2. The molecule has 0 aromatic heterocycles. The lowest BCUT2D eigenvalue weighted by Crippen LogP contribution is -2.40. The first-order valence-corrected chi connectivity index (χ1v) is 13.2. The Balaban J connectivity index is 1.32. The van der Waals surface area contributed by atoms with E-state index < -0.39 is 5.97 Å². The Morgan fingerprint density at radius 3 is 2.33 bits per heavy atom. The van der Waals surface area contributed by atoms with Gasteiger partial charge < -0.3 is 29.7 Å². The van der Waals surface area contributed by atoms with Gasteiger partial charge >= 0.3 is 12.0 Å². The predicted molar refractivity (Wildman–Crippen MR) is 151 cm³/mol. The summed E-state index contributed by atoms with van der Waals surface area (Å²) in [6.45, 7) is 0.790. The molecule has 0 bridgehead atoms.